The van der Waals surface area contributed by atoms with Crippen molar-refractivity contribution in [3.05, 3.63) is 67.3 Å². The van der Waals surface area contributed by atoms with Crippen LogP contribution in [-0.2, 0) is 10.0 Å². The number of ether oxygens (including phenoxy) is 1. The van der Waals surface area contributed by atoms with Gasteiger partial charge < -0.3 is 4.74 Å². The first-order valence-electron chi connectivity index (χ1n) is 7.40. The van der Waals surface area contributed by atoms with Gasteiger partial charge in [-0.2, -0.15) is 0 Å². The highest BCUT2D eigenvalue weighted by atomic mass is 32.2. The van der Waals surface area contributed by atoms with E-state index in [1.807, 2.05) is 13.8 Å². The van der Waals surface area contributed by atoms with Crippen LogP contribution >= 0.6 is 0 Å². The van der Waals surface area contributed by atoms with Gasteiger partial charge in [0.1, 0.15) is 5.75 Å². The maximum absolute atomic E-state index is 12.8. The van der Waals surface area contributed by atoms with Crippen molar-refractivity contribution >= 4 is 15.7 Å². The molecule has 0 saturated heterocycles. The molecule has 0 amide bonds. The third-order valence-electron chi connectivity index (χ3n) is 3.12. The molecular weight excluding hydrogens is 310 g/mol. The summed E-state index contributed by atoms with van der Waals surface area (Å²) >= 11 is 0. The number of hydrogen-bond donors (Lipinski definition) is 0. The van der Waals surface area contributed by atoms with Crippen LogP contribution in [0.3, 0.4) is 0 Å². The molecule has 2 rings (SSSR count). The number of benzene rings is 2. The molecule has 0 aliphatic rings. The number of anilines is 1. The molecule has 5 heteroatoms. The van der Waals surface area contributed by atoms with Crippen molar-refractivity contribution < 1.29 is 13.2 Å². The average molecular weight is 331 g/mol. The first kappa shape index (κ1) is 17.1. The fourth-order valence-corrected chi connectivity index (χ4v) is 3.60. The maximum Gasteiger partial charge on any atom is 0.264 e. The molecule has 0 radical (unpaired) electrons. The van der Waals surface area contributed by atoms with Gasteiger partial charge in [0.25, 0.3) is 10.0 Å². The first-order chi connectivity index (χ1) is 10.9. The predicted octanol–water partition coefficient (Wildman–Crippen LogP) is 3.86. The number of nitrogens with zero attached hydrogens (tertiary/aromatic N) is 1. The topological polar surface area (TPSA) is 46.6 Å². The summed E-state index contributed by atoms with van der Waals surface area (Å²) in [5.41, 5.74) is 0.574. The second kappa shape index (κ2) is 7.33. The van der Waals surface area contributed by atoms with Crippen LogP contribution in [0.1, 0.15) is 13.8 Å². The Kier molecular flexibility index (Phi) is 5.45. The summed E-state index contributed by atoms with van der Waals surface area (Å²) in [5, 5.41) is 0. The smallest absolute Gasteiger partial charge is 0.264 e. The second-order valence-electron chi connectivity index (χ2n) is 5.30. The van der Waals surface area contributed by atoms with Crippen LogP contribution in [0.2, 0.25) is 0 Å². The lowest BCUT2D eigenvalue weighted by Crippen LogP contribution is -2.31. The first-order valence-corrected chi connectivity index (χ1v) is 8.84. The van der Waals surface area contributed by atoms with Crippen molar-refractivity contribution in [1.29, 1.82) is 0 Å². The third kappa shape index (κ3) is 4.13. The molecule has 4 nitrogen and oxygen atoms in total. The lowest BCUT2D eigenvalue weighted by Gasteiger charge is -2.23. The van der Waals surface area contributed by atoms with Crippen molar-refractivity contribution in [3.8, 4) is 5.75 Å². The van der Waals surface area contributed by atoms with Crippen molar-refractivity contribution in [3.63, 3.8) is 0 Å². The predicted molar refractivity (Wildman–Crippen MR) is 93.4 cm³/mol. The Hall–Kier alpha value is -2.27. The van der Waals surface area contributed by atoms with E-state index in [2.05, 4.69) is 6.58 Å². The zero-order valence-electron chi connectivity index (χ0n) is 13.3. The minimum Gasteiger partial charge on any atom is -0.491 e. The summed E-state index contributed by atoms with van der Waals surface area (Å²) in [7, 11) is -3.63. The molecule has 0 heterocycles. The summed E-state index contributed by atoms with van der Waals surface area (Å²) in [5.74, 6) is 0.708. The summed E-state index contributed by atoms with van der Waals surface area (Å²) in [6, 6.07) is 15.4. The Morgan fingerprint density at radius 2 is 1.70 bits per heavy atom. The van der Waals surface area contributed by atoms with Gasteiger partial charge in [-0.3, -0.25) is 4.31 Å². The highest BCUT2D eigenvalue weighted by Crippen LogP contribution is 2.26. The number of hydrogen-bond acceptors (Lipinski definition) is 3. The number of sulfonamides is 1. The van der Waals surface area contributed by atoms with Gasteiger partial charge in [-0.05, 0) is 50.2 Å². The zero-order valence-corrected chi connectivity index (χ0v) is 14.2. The average Bonchev–Trinajstić information content (AvgIpc) is 2.54. The SMILES string of the molecule is C=CCN(c1ccc(OC(C)C)cc1)S(=O)(=O)c1ccccc1. The van der Waals surface area contributed by atoms with Crippen LogP contribution in [0.15, 0.2) is 72.1 Å². The van der Waals surface area contributed by atoms with Crippen LogP contribution in [-0.4, -0.2) is 21.1 Å². The third-order valence-corrected chi connectivity index (χ3v) is 4.93. The lowest BCUT2D eigenvalue weighted by molar-refractivity contribution is 0.242. The molecule has 0 atom stereocenters. The summed E-state index contributed by atoms with van der Waals surface area (Å²) in [6.45, 7) is 7.74. The van der Waals surface area contributed by atoms with Crippen LogP contribution in [0.5, 0.6) is 5.75 Å². The normalized spacial score (nSPS) is 11.3. The molecule has 2 aromatic carbocycles. The lowest BCUT2D eigenvalue weighted by atomic mass is 10.3. The summed E-state index contributed by atoms with van der Waals surface area (Å²) in [6.07, 6.45) is 1.64. The standard InChI is InChI=1S/C18H21NO3S/c1-4-14-19(23(20,21)18-8-6-5-7-9-18)16-10-12-17(13-11-16)22-15(2)3/h4-13,15H,1,14H2,2-3H3. The van der Waals surface area contributed by atoms with Gasteiger partial charge in [-0.1, -0.05) is 24.3 Å². The number of rotatable bonds is 7. The highest BCUT2D eigenvalue weighted by molar-refractivity contribution is 7.92. The minimum atomic E-state index is -3.63. The molecule has 2 aromatic rings. The van der Waals surface area contributed by atoms with Crippen molar-refractivity contribution in [2.45, 2.75) is 24.8 Å². The Bertz CT molecular complexity index is 738. The van der Waals surface area contributed by atoms with E-state index in [-0.39, 0.29) is 17.5 Å². The van der Waals surface area contributed by atoms with Gasteiger partial charge >= 0.3 is 0 Å². The van der Waals surface area contributed by atoms with E-state index in [9.17, 15) is 8.42 Å². The van der Waals surface area contributed by atoms with Crippen LogP contribution < -0.4 is 9.04 Å². The Labute approximate surface area is 138 Å². The van der Waals surface area contributed by atoms with E-state index in [0.29, 0.717) is 11.4 Å². The van der Waals surface area contributed by atoms with Crippen LogP contribution in [0.4, 0.5) is 5.69 Å². The van der Waals surface area contributed by atoms with Crippen molar-refractivity contribution in [2.24, 2.45) is 0 Å². The van der Waals surface area contributed by atoms with Gasteiger partial charge in [0.15, 0.2) is 0 Å². The molecule has 122 valence electrons. The van der Waals surface area contributed by atoms with Crippen molar-refractivity contribution in [2.75, 3.05) is 10.8 Å². The van der Waals surface area contributed by atoms with E-state index in [1.54, 1.807) is 60.7 Å². The monoisotopic (exact) mass is 331 g/mol. The van der Waals surface area contributed by atoms with Gasteiger partial charge in [0, 0.05) is 0 Å². The minimum absolute atomic E-state index is 0.0678. The van der Waals surface area contributed by atoms with E-state index in [4.69, 9.17) is 4.74 Å². The Balaban J connectivity index is 2.37. The van der Waals surface area contributed by atoms with E-state index in [0.717, 1.165) is 0 Å². The molecule has 0 spiro atoms. The fraction of sp³-hybridized carbons (Fsp3) is 0.222. The van der Waals surface area contributed by atoms with Gasteiger partial charge in [0.2, 0.25) is 0 Å². The van der Waals surface area contributed by atoms with E-state index < -0.39 is 10.0 Å². The van der Waals surface area contributed by atoms with Gasteiger partial charge in [-0.15, -0.1) is 6.58 Å². The van der Waals surface area contributed by atoms with Gasteiger partial charge in [0.05, 0.1) is 23.2 Å². The van der Waals surface area contributed by atoms with E-state index in [1.165, 1.54) is 4.31 Å². The van der Waals surface area contributed by atoms with E-state index >= 15 is 0 Å². The summed E-state index contributed by atoms with van der Waals surface area (Å²) < 4.78 is 32.6. The highest BCUT2D eigenvalue weighted by Gasteiger charge is 2.23. The maximum atomic E-state index is 12.8. The van der Waals surface area contributed by atoms with Gasteiger partial charge in [-0.25, -0.2) is 8.42 Å². The molecule has 0 saturated carbocycles. The quantitative estimate of drug-likeness (QED) is 0.724. The fourth-order valence-electron chi connectivity index (χ4n) is 2.14. The summed E-state index contributed by atoms with van der Waals surface area (Å²) in [4.78, 5) is 0.254. The molecular formula is C18H21NO3S. The molecule has 0 fully saturated rings. The molecule has 0 N–H and O–H groups in total. The van der Waals surface area contributed by atoms with Crippen LogP contribution in [0.25, 0.3) is 0 Å². The molecule has 0 aromatic heterocycles. The molecule has 0 bridgehead atoms. The Morgan fingerprint density at radius 3 is 2.22 bits per heavy atom. The zero-order chi connectivity index (χ0) is 16.9. The second-order valence-corrected chi connectivity index (χ2v) is 7.16. The molecule has 0 unspecified atom stereocenters. The molecule has 0 aliphatic heterocycles. The van der Waals surface area contributed by atoms with Crippen LogP contribution in [0, 0.1) is 0 Å². The largest absolute Gasteiger partial charge is 0.491 e. The molecule has 0 aliphatic carbocycles. The van der Waals surface area contributed by atoms with Crippen molar-refractivity contribution in [1.82, 2.24) is 0 Å². The molecule has 23 heavy (non-hydrogen) atoms. The Morgan fingerprint density at radius 1 is 1.09 bits per heavy atom.